The molecule has 5 heteroatoms. The third kappa shape index (κ3) is 2.79. The van der Waals surface area contributed by atoms with Crippen LogP contribution in [0.25, 0.3) is 10.8 Å². The molecule has 1 unspecified atom stereocenters. The maximum Gasteiger partial charge on any atom is 0.376 e. The predicted octanol–water partition coefficient (Wildman–Crippen LogP) is 2.22. The van der Waals surface area contributed by atoms with Gasteiger partial charge in [0.2, 0.25) is 0 Å². The first kappa shape index (κ1) is 13.4. The topological polar surface area (TPSA) is 48.4 Å². The first-order chi connectivity index (χ1) is 9.74. The Labute approximate surface area is 120 Å². The molecule has 1 fully saturated rings. The molecule has 1 aliphatic heterocycles. The van der Waals surface area contributed by atoms with Crippen LogP contribution in [0.2, 0.25) is 6.82 Å². The van der Waals surface area contributed by atoms with Crippen LogP contribution in [0.5, 0.6) is 0 Å². The zero-order chi connectivity index (χ0) is 13.9. The lowest BCUT2D eigenvalue weighted by Gasteiger charge is -2.34. The summed E-state index contributed by atoms with van der Waals surface area (Å²) >= 11 is 0. The molecule has 104 valence electrons. The number of hydrogen-bond donors (Lipinski definition) is 2. The highest BCUT2D eigenvalue weighted by molar-refractivity contribution is 6.45. The van der Waals surface area contributed by atoms with E-state index in [-0.39, 0.29) is 7.05 Å². The Hall–Kier alpha value is -1.59. The van der Waals surface area contributed by atoms with Crippen LogP contribution in [0.15, 0.2) is 36.7 Å². The number of pyridine rings is 1. The van der Waals surface area contributed by atoms with Crippen molar-refractivity contribution in [2.75, 3.05) is 18.4 Å². The minimum absolute atomic E-state index is 0.365. The molecular formula is C15H20BN3O. The summed E-state index contributed by atoms with van der Waals surface area (Å²) in [4.78, 5) is 6.29. The van der Waals surface area contributed by atoms with Gasteiger partial charge in [0.1, 0.15) is 0 Å². The molecule has 1 atom stereocenters. The summed E-state index contributed by atoms with van der Waals surface area (Å²) in [7, 11) is -0.365. The minimum Gasteiger partial charge on any atom is -0.437 e. The summed E-state index contributed by atoms with van der Waals surface area (Å²) in [5.74, 6) is 0. The van der Waals surface area contributed by atoms with Crippen molar-refractivity contribution in [2.45, 2.75) is 25.7 Å². The summed E-state index contributed by atoms with van der Waals surface area (Å²) < 4.78 is 0. The Morgan fingerprint density at radius 2 is 2.30 bits per heavy atom. The molecule has 1 aromatic carbocycles. The number of fused-ring (bicyclic) bond motifs is 1. The summed E-state index contributed by atoms with van der Waals surface area (Å²) in [6.07, 6.45) is 5.99. The molecule has 2 aromatic rings. The van der Waals surface area contributed by atoms with Crippen LogP contribution in [0.1, 0.15) is 12.8 Å². The lowest BCUT2D eigenvalue weighted by atomic mass is 9.82. The lowest BCUT2D eigenvalue weighted by Crippen LogP contribution is -2.48. The monoisotopic (exact) mass is 269 g/mol. The lowest BCUT2D eigenvalue weighted by molar-refractivity contribution is 0.295. The molecule has 0 spiro atoms. The van der Waals surface area contributed by atoms with Crippen molar-refractivity contribution < 1.29 is 5.02 Å². The van der Waals surface area contributed by atoms with Crippen molar-refractivity contribution >= 4 is 23.5 Å². The van der Waals surface area contributed by atoms with Gasteiger partial charge in [0.25, 0.3) is 0 Å². The molecule has 1 saturated heterocycles. The van der Waals surface area contributed by atoms with Gasteiger partial charge in [-0.25, -0.2) is 0 Å². The third-order valence-corrected chi connectivity index (χ3v) is 4.02. The second kappa shape index (κ2) is 5.81. The van der Waals surface area contributed by atoms with Gasteiger partial charge in [0.15, 0.2) is 0 Å². The SMILES string of the molecule is CB(O)N1CCCC(Nc2cccc3cnccc23)C1. The highest BCUT2D eigenvalue weighted by atomic mass is 16.2. The molecule has 4 nitrogen and oxygen atoms in total. The van der Waals surface area contributed by atoms with E-state index in [1.807, 2.05) is 25.3 Å². The summed E-state index contributed by atoms with van der Waals surface area (Å²) in [6.45, 7) is 3.71. The zero-order valence-corrected chi connectivity index (χ0v) is 11.8. The van der Waals surface area contributed by atoms with Crippen LogP contribution in [-0.2, 0) is 0 Å². The molecule has 20 heavy (non-hydrogen) atoms. The summed E-state index contributed by atoms with van der Waals surface area (Å²) in [5, 5.41) is 15.7. The van der Waals surface area contributed by atoms with Crippen LogP contribution < -0.4 is 5.32 Å². The maximum absolute atomic E-state index is 9.72. The molecule has 2 heterocycles. The number of nitrogens with one attached hydrogen (secondary N) is 1. The largest absolute Gasteiger partial charge is 0.437 e. The van der Waals surface area contributed by atoms with Gasteiger partial charge in [-0.3, -0.25) is 4.98 Å². The Morgan fingerprint density at radius 1 is 1.40 bits per heavy atom. The number of benzene rings is 1. The first-order valence-corrected chi connectivity index (χ1v) is 7.25. The number of rotatable bonds is 3. The van der Waals surface area contributed by atoms with E-state index in [1.165, 1.54) is 5.39 Å². The van der Waals surface area contributed by atoms with Gasteiger partial charge in [0.05, 0.1) is 0 Å². The molecule has 0 amide bonds. The number of anilines is 1. The van der Waals surface area contributed by atoms with E-state index in [0.29, 0.717) is 6.04 Å². The van der Waals surface area contributed by atoms with Crippen molar-refractivity contribution in [1.82, 2.24) is 9.79 Å². The van der Waals surface area contributed by atoms with Gasteiger partial charge in [-0.1, -0.05) is 12.1 Å². The van der Waals surface area contributed by atoms with Crippen LogP contribution in [0, 0.1) is 0 Å². The van der Waals surface area contributed by atoms with E-state index in [0.717, 1.165) is 37.0 Å². The van der Waals surface area contributed by atoms with Crippen molar-refractivity contribution in [3.05, 3.63) is 36.7 Å². The normalized spacial score (nSPS) is 20.0. The van der Waals surface area contributed by atoms with E-state index in [1.54, 1.807) is 0 Å². The fraction of sp³-hybridized carbons (Fsp3) is 0.400. The van der Waals surface area contributed by atoms with Gasteiger partial charge in [-0.15, -0.1) is 0 Å². The maximum atomic E-state index is 9.72. The number of piperidine rings is 1. The molecular weight excluding hydrogens is 249 g/mol. The van der Waals surface area contributed by atoms with E-state index in [9.17, 15) is 5.02 Å². The second-order valence-corrected chi connectivity index (χ2v) is 5.51. The van der Waals surface area contributed by atoms with Gasteiger partial charge in [-0.2, -0.15) is 0 Å². The number of nitrogens with zero attached hydrogens (tertiary/aromatic N) is 2. The van der Waals surface area contributed by atoms with E-state index in [4.69, 9.17) is 0 Å². The third-order valence-electron chi connectivity index (χ3n) is 4.02. The molecule has 0 saturated carbocycles. The second-order valence-electron chi connectivity index (χ2n) is 5.51. The van der Waals surface area contributed by atoms with Crippen LogP contribution in [-0.4, -0.2) is 41.0 Å². The van der Waals surface area contributed by atoms with Crippen molar-refractivity contribution in [3.63, 3.8) is 0 Å². The van der Waals surface area contributed by atoms with Crippen molar-refractivity contribution in [3.8, 4) is 0 Å². The van der Waals surface area contributed by atoms with Gasteiger partial charge < -0.3 is 15.2 Å². The van der Waals surface area contributed by atoms with Crippen LogP contribution in [0.4, 0.5) is 5.69 Å². The fourth-order valence-corrected chi connectivity index (χ4v) is 2.93. The molecule has 3 rings (SSSR count). The minimum atomic E-state index is -0.365. The van der Waals surface area contributed by atoms with Crippen LogP contribution >= 0.6 is 0 Å². The molecule has 0 radical (unpaired) electrons. The summed E-state index contributed by atoms with van der Waals surface area (Å²) in [6, 6.07) is 8.69. The molecule has 0 bridgehead atoms. The van der Waals surface area contributed by atoms with E-state index < -0.39 is 0 Å². The van der Waals surface area contributed by atoms with Gasteiger partial charge in [0, 0.05) is 41.4 Å². The molecule has 1 aromatic heterocycles. The Morgan fingerprint density at radius 3 is 3.15 bits per heavy atom. The average Bonchev–Trinajstić information content (AvgIpc) is 2.48. The van der Waals surface area contributed by atoms with E-state index >= 15 is 0 Å². The van der Waals surface area contributed by atoms with Crippen LogP contribution in [0.3, 0.4) is 0 Å². The smallest absolute Gasteiger partial charge is 0.376 e. The van der Waals surface area contributed by atoms with Gasteiger partial charge in [-0.05, 0) is 38.3 Å². The number of hydrogen-bond acceptors (Lipinski definition) is 4. The van der Waals surface area contributed by atoms with Crippen molar-refractivity contribution in [1.29, 1.82) is 0 Å². The van der Waals surface area contributed by atoms with Gasteiger partial charge >= 0.3 is 7.05 Å². The van der Waals surface area contributed by atoms with Crippen molar-refractivity contribution in [2.24, 2.45) is 0 Å². The van der Waals surface area contributed by atoms with E-state index in [2.05, 4.69) is 33.3 Å². The Bertz CT molecular complexity index is 585. The average molecular weight is 269 g/mol. The Kier molecular flexibility index (Phi) is 3.89. The quantitative estimate of drug-likeness (QED) is 0.839. The molecule has 1 aliphatic rings. The first-order valence-electron chi connectivity index (χ1n) is 7.25. The zero-order valence-electron chi connectivity index (χ0n) is 11.8. The summed E-state index contributed by atoms with van der Waals surface area (Å²) in [5.41, 5.74) is 1.15. The highest BCUT2D eigenvalue weighted by Crippen LogP contribution is 2.24. The predicted molar refractivity (Wildman–Crippen MR) is 83.8 cm³/mol. The molecule has 0 aliphatic carbocycles. The highest BCUT2D eigenvalue weighted by Gasteiger charge is 2.24. The molecule has 2 N–H and O–H groups in total. The number of aromatic nitrogens is 1. The Balaban J connectivity index is 1.79. The fourth-order valence-electron chi connectivity index (χ4n) is 2.93. The standard InChI is InChI=1S/C15H20BN3O/c1-16(20)19-9-3-5-13(11-19)18-15-6-2-4-12-10-17-8-7-14(12)15/h2,4,6-8,10,13,18,20H,3,5,9,11H2,1H3.